The lowest BCUT2D eigenvalue weighted by Crippen LogP contribution is -2.43. The molecule has 0 unspecified atom stereocenters. The van der Waals surface area contributed by atoms with Gasteiger partial charge in [-0.05, 0) is 6.42 Å². The van der Waals surface area contributed by atoms with Crippen molar-refractivity contribution in [3.8, 4) is 0 Å². The number of aliphatic hydroxyl groups is 3. The number of hydrogen-bond acceptors (Lipinski definition) is 6. The summed E-state index contributed by atoms with van der Waals surface area (Å²) in [5, 5.41) is 28.9. The summed E-state index contributed by atoms with van der Waals surface area (Å²) in [6, 6.07) is 0. The van der Waals surface area contributed by atoms with Crippen molar-refractivity contribution in [2.24, 2.45) is 0 Å². The van der Waals surface area contributed by atoms with Crippen molar-refractivity contribution in [2.45, 2.75) is 185 Å². The van der Waals surface area contributed by atoms with Crippen LogP contribution in [-0.2, 0) is 14.3 Å². The molecule has 0 bridgehead atoms. The number of unbranched alkanes of at least 4 members (excludes halogenated alkanes) is 22. The molecule has 0 saturated carbocycles. The van der Waals surface area contributed by atoms with Crippen molar-refractivity contribution < 1.29 is 29.6 Å². The Balaban J connectivity index is 1.77. The molecule has 1 fully saturated rings. The van der Waals surface area contributed by atoms with Gasteiger partial charge in [-0.3, -0.25) is 4.79 Å². The fourth-order valence-electron chi connectivity index (χ4n) is 5.44. The van der Waals surface area contributed by atoms with E-state index < -0.39 is 31.0 Å². The molecule has 0 aromatic rings. The van der Waals surface area contributed by atoms with Crippen LogP contribution in [0.25, 0.3) is 0 Å². The van der Waals surface area contributed by atoms with Gasteiger partial charge in [-0.2, -0.15) is 0 Å². The predicted octanol–water partition coefficient (Wildman–Crippen LogP) is 7.39. The van der Waals surface area contributed by atoms with Crippen LogP contribution in [0.15, 0.2) is 0 Å². The number of carbonyl (C=O) groups is 1. The van der Waals surface area contributed by atoms with E-state index >= 15 is 0 Å². The molecule has 6 heteroatoms. The Morgan fingerprint density at radius 3 is 1.37 bits per heavy atom. The average Bonchev–Trinajstić information content (AvgIpc) is 3.25. The van der Waals surface area contributed by atoms with Crippen molar-refractivity contribution in [2.75, 3.05) is 13.2 Å². The second kappa shape index (κ2) is 25.3. The molecule has 6 nitrogen and oxygen atoms in total. The highest BCUT2D eigenvalue weighted by atomic mass is 16.6. The van der Waals surface area contributed by atoms with Crippen molar-refractivity contribution in [3.63, 3.8) is 0 Å². The zero-order chi connectivity index (χ0) is 27.7. The van der Waals surface area contributed by atoms with Gasteiger partial charge in [0.1, 0.15) is 18.3 Å². The number of rotatable bonds is 27. The Morgan fingerprint density at radius 2 is 1.05 bits per heavy atom. The molecule has 0 aliphatic carbocycles. The van der Waals surface area contributed by atoms with Crippen LogP contribution in [0.1, 0.15) is 161 Å². The summed E-state index contributed by atoms with van der Waals surface area (Å²) < 4.78 is 10.5. The summed E-state index contributed by atoms with van der Waals surface area (Å²) in [6.45, 7) is 1.84. The summed E-state index contributed by atoms with van der Waals surface area (Å²) in [6.07, 6.45) is 27.1. The van der Waals surface area contributed by atoms with Gasteiger partial charge >= 0.3 is 5.97 Å². The quantitative estimate of drug-likeness (QED) is 0.0739. The topological polar surface area (TPSA) is 96.2 Å². The number of carbonyl (C=O) groups excluding carboxylic acids is 1. The van der Waals surface area contributed by atoms with Crippen LogP contribution >= 0.6 is 0 Å². The molecule has 1 heterocycles. The van der Waals surface area contributed by atoms with E-state index in [-0.39, 0.29) is 12.6 Å². The van der Waals surface area contributed by atoms with E-state index in [1.54, 1.807) is 0 Å². The van der Waals surface area contributed by atoms with Crippen molar-refractivity contribution in [1.29, 1.82) is 0 Å². The fraction of sp³-hybridized carbons (Fsp3) is 0.969. The predicted molar refractivity (Wildman–Crippen MR) is 155 cm³/mol. The smallest absolute Gasteiger partial charge is 0.306 e. The molecule has 3 N–H and O–H groups in total. The molecular weight excluding hydrogens is 480 g/mol. The van der Waals surface area contributed by atoms with Gasteiger partial charge < -0.3 is 24.8 Å². The molecule has 0 aromatic heterocycles. The molecule has 0 aromatic carbocycles. The standard InChI is InChI=1S/C32H62O6/c1-2-3-4-5-6-7-8-9-10-11-12-13-14-15-16-17-18-19-20-21-22-23-24-25-30(35)38-29(26-33)32-31(36)28(34)27-37-32/h28-29,31-34,36H,2-27H2,1H3/t28-,29+,31+,32+/m0/s1. The maximum Gasteiger partial charge on any atom is 0.306 e. The number of ether oxygens (including phenoxy) is 2. The van der Waals surface area contributed by atoms with E-state index in [0.29, 0.717) is 6.42 Å². The van der Waals surface area contributed by atoms with E-state index in [9.17, 15) is 20.1 Å². The second-order valence-corrected chi connectivity index (χ2v) is 11.6. The van der Waals surface area contributed by atoms with Crippen molar-refractivity contribution >= 4 is 5.97 Å². The van der Waals surface area contributed by atoms with Gasteiger partial charge in [0.2, 0.25) is 0 Å². The summed E-state index contributed by atoms with van der Waals surface area (Å²) in [5.74, 6) is -0.385. The van der Waals surface area contributed by atoms with Gasteiger partial charge in [-0.25, -0.2) is 0 Å². The third-order valence-corrected chi connectivity index (χ3v) is 8.00. The van der Waals surface area contributed by atoms with Crippen LogP contribution in [0.4, 0.5) is 0 Å². The normalized spacial score (nSPS) is 20.2. The lowest BCUT2D eigenvalue weighted by atomic mass is 10.0. The van der Waals surface area contributed by atoms with Crippen LogP contribution in [0.3, 0.4) is 0 Å². The largest absolute Gasteiger partial charge is 0.457 e. The minimum atomic E-state index is -1.14. The minimum absolute atomic E-state index is 0.0145. The van der Waals surface area contributed by atoms with E-state index in [0.717, 1.165) is 19.3 Å². The first-order chi connectivity index (χ1) is 18.6. The van der Waals surface area contributed by atoms with Crippen LogP contribution in [-0.4, -0.2) is 58.9 Å². The molecule has 0 radical (unpaired) electrons. The minimum Gasteiger partial charge on any atom is -0.457 e. The maximum absolute atomic E-state index is 12.0. The third kappa shape index (κ3) is 18.6. The molecule has 1 aliphatic rings. The molecule has 4 atom stereocenters. The van der Waals surface area contributed by atoms with Crippen LogP contribution in [0, 0.1) is 0 Å². The lowest BCUT2D eigenvalue weighted by Gasteiger charge is -2.24. The van der Waals surface area contributed by atoms with Gasteiger partial charge in [0.05, 0.1) is 13.2 Å². The first-order valence-corrected chi connectivity index (χ1v) is 16.4. The Morgan fingerprint density at radius 1 is 0.684 bits per heavy atom. The summed E-state index contributed by atoms with van der Waals surface area (Å²) in [5.41, 5.74) is 0. The zero-order valence-electron chi connectivity index (χ0n) is 24.8. The van der Waals surface area contributed by atoms with Crippen molar-refractivity contribution in [3.05, 3.63) is 0 Å². The Bertz CT molecular complexity index is 528. The van der Waals surface area contributed by atoms with Crippen LogP contribution < -0.4 is 0 Å². The lowest BCUT2D eigenvalue weighted by molar-refractivity contribution is -0.162. The highest BCUT2D eigenvalue weighted by Gasteiger charge is 2.41. The van der Waals surface area contributed by atoms with E-state index in [1.807, 2.05) is 0 Å². The first-order valence-electron chi connectivity index (χ1n) is 16.4. The average molecular weight is 543 g/mol. The highest BCUT2D eigenvalue weighted by Crippen LogP contribution is 2.20. The third-order valence-electron chi connectivity index (χ3n) is 8.00. The van der Waals surface area contributed by atoms with Gasteiger partial charge in [0.25, 0.3) is 0 Å². The molecular formula is C32H62O6. The zero-order valence-corrected chi connectivity index (χ0v) is 24.8. The number of aliphatic hydroxyl groups excluding tert-OH is 3. The summed E-state index contributed by atoms with van der Waals surface area (Å²) in [4.78, 5) is 12.0. The number of hydrogen-bond donors (Lipinski definition) is 3. The molecule has 226 valence electrons. The maximum atomic E-state index is 12.0. The molecule has 38 heavy (non-hydrogen) atoms. The Labute approximate surface area is 234 Å². The van der Waals surface area contributed by atoms with Gasteiger partial charge in [-0.1, -0.05) is 148 Å². The monoisotopic (exact) mass is 542 g/mol. The van der Waals surface area contributed by atoms with E-state index in [4.69, 9.17) is 9.47 Å². The Hall–Kier alpha value is -0.690. The van der Waals surface area contributed by atoms with Gasteiger partial charge in [0, 0.05) is 6.42 Å². The van der Waals surface area contributed by atoms with Crippen LogP contribution in [0.5, 0.6) is 0 Å². The SMILES string of the molecule is CCCCCCCCCCCCCCCCCCCCCCCCCC(=O)O[C@H](CO)[C@H]1OC[C@H](O)[C@H]1O. The summed E-state index contributed by atoms with van der Waals surface area (Å²) >= 11 is 0. The van der Waals surface area contributed by atoms with Crippen molar-refractivity contribution in [1.82, 2.24) is 0 Å². The Kier molecular flexibility index (Phi) is 23.5. The molecule has 1 rings (SSSR count). The van der Waals surface area contributed by atoms with Gasteiger partial charge in [0.15, 0.2) is 6.10 Å². The molecule has 1 aliphatic heterocycles. The van der Waals surface area contributed by atoms with Gasteiger partial charge in [-0.15, -0.1) is 0 Å². The highest BCUT2D eigenvalue weighted by molar-refractivity contribution is 5.69. The number of esters is 1. The molecule has 0 spiro atoms. The van der Waals surface area contributed by atoms with E-state index in [1.165, 1.54) is 128 Å². The first kappa shape index (κ1) is 35.3. The second-order valence-electron chi connectivity index (χ2n) is 11.6. The molecule has 1 saturated heterocycles. The van der Waals surface area contributed by atoms with E-state index in [2.05, 4.69) is 6.92 Å². The van der Waals surface area contributed by atoms with Crippen LogP contribution in [0.2, 0.25) is 0 Å². The fourth-order valence-corrected chi connectivity index (χ4v) is 5.44. The summed E-state index contributed by atoms with van der Waals surface area (Å²) in [7, 11) is 0. The molecule has 0 amide bonds.